The molecule has 0 aliphatic rings. The van der Waals surface area contributed by atoms with Crippen molar-refractivity contribution in [3.8, 4) is 0 Å². The average Bonchev–Trinajstić information content (AvgIpc) is 1.68. The molecular formula is C6H10SV. The summed E-state index contributed by atoms with van der Waals surface area (Å²) < 4.78 is 0. The summed E-state index contributed by atoms with van der Waals surface area (Å²) >= 11 is 1.74. The van der Waals surface area contributed by atoms with Gasteiger partial charge in [-0.2, -0.15) is 0 Å². The topological polar surface area (TPSA) is 0 Å². The van der Waals surface area contributed by atoms with Crippen molar-refractivity contribution in [1.29, 1.82) is 0 Å². The Morgan fingerprint density at radius 2 is 2.12 bits per heavy atom. The Balaban J connectivity index is 0. The smallest absolute Gasteiger partial charge is 0 e. The van der Waals surface area contributed by atoms with E-state index in [0.29, 0.717) is 0 Å². The molecule has 0 aliphatic carbocycles. The van der Waals surface area contributed by atoms with Crippen molar-refractivity contribution in [2.24, 2.45) is 0 Å². The summed E-state index contributed by atoms with van der Waals surface area (Å²) in [6, 6.07) is 0. The Kier molecular flexibility index (Phi) is 10.4. The SMILES string of the molecule is C=C/C=C(/C)SC.[V]. The third-order valence-corrected chi connectivity index (χ3v) is 1.45. The van der Waals surface area contributed by atoms with E-state index >= 15 is 0 Å². The van der Waals surface area contributed by atoms with Gasteiger partial charge in [-0.25, -0.2) is 0 Å². The van der Waals surface area contributed by atoms with Crippen molar-refractivity contribution in [2.45, 2.75) is 6.92 Å². The monoisotopic (exact) mass is 165 g/mol. The van der Waals surface area contributed by atoms with Gasteiger partial charge in [-0.05, 0) is 18.1 Å². The van der Waals surface area contributed by atoms with Crippen LogP contribution in [0.4, 0.5) is 0 Å². The summed E-state index contributed by atoms with van der Waals surface area (Å²) in [5.74, 6) is 0. The molecule has 0 aromatic carbocycles. The molecule has 0 saturated heterocycles. The maximum Gasteiger partial charge on any atom is 0 e. The minimum absolute atomic E-state index is 0. The summed E-state index contributed by atoms with van der Waals surface area (Å²) in [4.78, 5) is 1.30. The number of thioether (sulfide) groups is 1. The molecule has 45 valence electrons. The first-order valence-electron chi connectivity index (χ1n) is 2.14. The molecule has 0 atom stereocenters. The van der Waals surface area contributed by atoms with Crippen LogP contribution in [0.25, 0.3) is 0 Å². The van der Waals surface area contributed by atoms with E-state index in [9.17, 15) is 0 Å². The molecule has 0 aromatic rings. The van der Waals surface area contributed by atoms with Crippen LogP contribution in [0.3, 0.4) is 0 Å². The maximum absolute atomic E-state index is 3.56. The standard InChI is InChI=1S/C6H10S.V/c1-4-5-6(2)7-3;/h4-5H,1H2,2-3H3;/b6-5-;. The fourth-order valence-corrected chi connectivity index (χ4v) is 0.466. The fourth-order valence-electron chi connectivity index (χ4n) is 0.234. The molecule has 0 N–H and O–H groups in total. The van der Waals surface area contributed by atoms with Crippen LogP contribution in [0.5, 0.6) is 0 Å². The van der Waals surface area contributed by atoms with Gasteiger partial charge in [-0.3, -0.25) is 0 Å². The van der Waals surface area contributed by atoms with Crippen molar-refractivity contribution < 1.29 is 18.6 Å². The molecule has 8 heavy (non-hydrogen) atoms. The van der Waals surface area contributed by atoms with Crippen molar-refractivity contribution in [3.63, 3.8) is 0 Å². The normalized spacial score (nSPS) is 10.0. The van der Waals surface area contributed by atoms with Crippen molar-refractivity contribution >= 4 is 11.8 Å². The molecule has 0 aliphatic heterocycles. The van der Waals surface area contributed by atoms with Crippen LogP contribution in [0, 0.1) is 0 Å². The first-order chi connectivity index (χ1) is 3.31. The van der Waals surface area contributed by atoms with E-state index in [0.717, 1.165) is 0 Å². The second-order valence-electron chi connectivity index (χ2n) is 1.22. The van der Waals surface area contributed by atoms with Gasteiger partial charge in [-0.15, -0.1) is 11.8 Å². The van der Waals surface area contributed by atoms with Gasteiger partial charge in [0.15, 0.2) is 0 Å². The fraction of sp³-hybridized carbons (Fsp3) is 0.333. The molecule has 0 aromatic heterocycles. The first-order valence-corrected chi connectivity index (χ1v) is 3.37. The Labute approximate surface area is 67.3 Å². The van der Waals surface area contributed by atoms with Crippen molar-refractivity contribution in [3.05, 3.63) is 23.6 Å². The van der Waals surface area contributed by atoms with Crippen LogP contribution >= 0.6 is 11.8 Å². The Morgan fingerprint density at radius 3 is 2.25 bits per heavy atom. The molecule has 0 heterocycles. The predicted octanol–water partition coefficient (Wildman–Crippen LogP) is 2.44. The molecule has 0 unspecified atom stereocenters. The Hall–Kier alpha value is 0.414. The van der Waals surface area contributed by atoms with Crippen LogP contribution in [0.15, 0.2) is 23.6 Å². The molecule has 2 heteroatoms. The third kappa shape index (κ3) is 6.41. The summed E-state index contributed by atoms with van der Waals surface area (Å²) in [7, 11) is 0. The summed E-state index contributed by atoms with van der Waals surface area (Å²) in [6.45, 7) is 5.62. The Morgan fingerprint density at radius 1 is 1.62 bits per heavy atom. The molecular weight excluding hydrogens is 155 g/mol. The van der Waals surface area contributed by atoms with Gasteiger partial charge in [0, 0.05) is 18.6 Å². The molecule has 1 radical (unpaired) electrons. The van der Waals surface area contributed by atoms with E-state index in [-0.39, 0.29) is 18.6 Å². The van der Waals surface area contributed by atoms with E-state index < -0.39 is 0 Å². The quantitative estimate of drug-likeness (QED) is 0.566. The zero-order chi connectivity index (χ0) is 5.70. The number of hydrogen-bond acceptors (Lipinski definition) is 1. The van der Waals surface area contributed by atoms with Crippen LogP contribution in [0.1, 0.15) is 6.92 Å². The van der Waals surface area contributed by atoms with Crippen LogP contribution in [-0.2, 0) is 18.6 Å². The third-order valence-electron chi connectivity index (χ3n) is 0.675. The molecule has 0 saturated carbocycles. The van der Waals surface area contributed by atoms with Gasteiger partial charge in [0.05, 0.1) is 0 Å². The summed E-state index contributed by atoms with van der Waals surface area (Å²) in [5.41, 5.74) is 0. The van der Waals surface area contributed by atoms with E-state index in [1.54, 1.807) is 17.8 Å². The second kappa shape index (κ2) is 7.41. The van der Waals surface area contributed by atoms with E-state index in [1.807, 2.05) is 6.08 Å². The minimum atomic E-state index is 0. The number of hydrogen-bond donors (Lipinski definition) is 0. The molecule has 0 amide bonds. The molecule has 0 rings (SSSR count). The average molecular weight is 165 g/mol. The van der Waals surface area contributed by atoms with Crippen LogP contribution < -0.4 is 0 Å². The summed E-state index contributed by atoms with van der Waals surface area (Å²) in [6.07, 6.45) is 5.84. The van der Waals surface area contributed by atoms with Gasteiger partial charge < -0.3 is 0 Å². The number of allylic oxidation sites excluding steroid dienone is 3. The van der Waals surface area contributed by atoms with E-state index in [2.05, 4.69) is 19.8 Å². The predicted molar refractivity (Wildman–Crippen MR) is 37.5 cm³/mol. The van der Waals surface area contributed by atoms with Gasteiger partial charge >= 0.3 is 0 Å². The van der Waals surface area contributed by atoms with Gasteiger partial charge in [0.1, 0.15) is 0 Å². The molecule has 0 spiro atoms. The van der Waals surface area contributed by atoms with E-state index in [1.165, 1.54) is 4.91 Å². The molecule has 0 nitrogen and oxygen atoms in total. The zero-order valence-corrected chi connectivity index (χ0v) is 7.43. The zero-order valence-electron chi connectivity index (χ0n) is 5.22. The molecule has 0 fully saturated rings. The second-order valence-corrected chi connectivity index (χ2v) is 2.27. The Bertz CT molecular complexity index is 86.5. The first kappa shape index (κ1) is 11.2. The molecule has 0 bridgehead atoms. The van der Waals surface area contributed by atoms with Crippen molar-refractivity contribution in [2.75, 3.05) is 6.26 Å². The van der Waals surface area contributed by atoms with E-state index in [4.69, 9.17) is 0 Å². The van der Waals surface area contributed by atoms with Gasteiger partial charge in [-0.1, -0.05) is 18.7 Å². The number of rotatable bonds is 2. The van der Waals surface area contributed by atoms with Gasteiger partial charge in [0.2, 0.25) is 0 Å². The van der Waals surface area contributed by atoms with Gasteiger partial charge in [0.25, 0.3) is 0 Å². The largest absolute Gasteiger partial charge is 0.134 e. The minimum Gasteiger partial charge on any atom is -0.134 e. The summed E-state index contributed by atoms with van der Waals surface area (Å²) in [5, 5.41) is 0. The van der Waals surface area contributed by atoms with Crippen molar-refractivity contribution in [1.82, 2.24) is 0 Å². The van der Waals surface area contributed by atoms with Crippen LogP contribution in [-0.4, -0.2) is 6.26 Å². The van der Waals surface area contributed by atoms with Crippen LogP contribution in [0.2, 0.25) is 0 Å². The maximum atomic E-state index is 3.56.